The Labute approximate surface area is 121 Å². The first-order chi connectivity index (χ1) is 9.70. The van der Waals surface area contributed by atoms with Crippen LogP contribution in [0.25, 0.3) is 0 Å². The number of hydrogen-bond acceptors (Lipinski definition) is 5. The molecule has 0 amide bonds. The zero-order valence-corrected chi connectivity index (χ0v) is 12.5. The first-order valence-corrected chi connectivity index (χ1v) is 7.90. The van der Waals surface area contributed by atoms with Gasteiger partial charge in [0, 0.05) is 6.61 Å². The molecular weight excluding hydrogens is 260 g/mol. The first kappa shape index (κ1) is 17.9. The zero-order valence-electron chi connectivity index (χ0n) is 12.5. The largest absolute Gasteiger partial charge is 0.394 e. The second-order valence-electron chi connectivity index (χ2n) is 5.57. The van der Waals surface area contributed by atoms with Crippen LogP contribution in [-0.4, -0.2) is 59.6 Å². The molecule has 1 rings (SSSR count). The van der Waals surface area contributed by atoms with Crippen LogP contribution in [0.1, 0.15) is 51.9 Å². The standard InChI is InChI=1S/C15H30O5/c1-2-3-4-5-6-7-8-9-19-15-12(17)11-20-13(10-16)14(15)18/h12-18H,2-11H2,1H3/t12-,13+,14+,15+/m0/s1. The van der Waals surface area contributed by atoms with Gasteiger partial charge in [-0.15, -0.1) is 0 Å². The van der Waals surface area contributed by atoms with Gasteiger partial charge in [0.25, 0.3) is 0 Å². The first-order valence-electron chi connectivity index (χ1n) is 7.90. The molecule has 0 aromatic rings. The third-order valence-corrected chi connectivity index (χ3v) is 3.82. The molecule has 20 heavy (non-hydrogen) atoms. The molecule has 3 N–H and O–H groups in total. The lowest BCUT2D eigenvalue weighted by atomic mass is 10.0. The van der Waals surface area contributed by atoms with E-state index in [4.69, 9.17) is 14.6 Å². The van der Waals surface area contributed by atoms with Gasteiger partial charge in [-0.1, -0.05) is 45.4 Å². The fourth-order valence-electron chi connectivity index (χ4n) is 2.50. The van der Waals surface area contributed by atoms with Crippen LogP contribution in [0.2, 0.25) is 0 Å². The molecule has 1 saturated heterocycles. The average Bonchev–Trinajstić information content (AvgIpc) is 2.45. The van der Waals surface area contributed by atoms with Crippen molar-refractivity contribution in [3.8, 4) is 0 Å². The van der Waals surface area contributed by atoms with Crippen molar-refractivity contribution in [2.75, 3.05) is 19.8 Å². The van der Waals surface area contributed by atoms with Gasteiger partial charge in [0.05, 0.1) is 13.2 Å². The second kappa shape index (κ2) is 10.5. The molecule has 0 radical (unpaired) electrons. The van der Waals surface area contributed by atoms with Gasteiger partial charge >= 0.3 is 0 Å². The smallest absolute Gasteiger partial charge is 0.114 e. The minimum atomic E-state index is -0.965. The van der Waals surface area contributed by atoms with Gasteiger partial charge < -0.3 is 24.8 Å². The minimum Gasteiger partial charge on any atom is -0.394 e. The molecule has 0 aromatic heterocycles. The molecule has 1 aliphatic heterocycles. The SMILES string of the molecule is CCCCCCCCCO[C@H]1[C@H](O)[C@@H](CO)OC[C@@H]1O. The van der Waals surface area contributed by atoms with Crippen LogP contribution >= 0.6 is 0 Å². The number of ether oxygens (including phenoxy) is 2. The van der Waals surface area contributed by atoms with Crippen molar-refractivity contribution in [1.29, 1.82) is 0 Å². The Morgan fingerprint density at radius 1 is 1.05 bits per heavy atom. The number of unbranched alkanes of at least 4 members (excludes halogenated alkanes) is 6. The molecule has 0 saturated carbocycles. The molecule has 0 bridgehead atoms. The van der Waals surface area contributed by atoms with Gasteiger partial charge in [-0.05, 0) is 6.42 Å². The highest BCUT2D eigenvalue weighted by atomic mass is 16.6. The van der Waals surface area contributed by atoms with Gasteiger partial charge in [-0.3, -0.25) is 0 Å². The van der Waals surface area contributed by atoms with E-state index < -0.39 is 24.4 Å². The van der Waals surface area contributed by atoms with Crippen molar-refractivity contribution >= 4 is 0 Å². The second-order valence-corrected chi connectivity index (χ2v) is 5.57. The average molecular weight is 290 g/mol. The molecule has 1 heterocycles. The van der Waals surface area contributed by atoms with Crippen molar-refractivity contribution in [1.82, 2.24) is 0 Å². The Bertz CT molecular complexity index is 236. The summed E-state index contributed by atoms with van der Waals surface area (Å²) in [6.45, 7) is 2.58. The van der Waals surface area contributed by atoms with E-state index in [2.05, 4.69) is 6.92 Å². The fraction of sp³-hybridized carbons (Fsp3) is 1.00. The Morgan fingerprint density at radius 2 is 1.70 bits per heavy atom. The summed E-state index contributed by atoms with van der Waals surface area (Å²) in [5.74, 6) is 0. The topological polar surface area (TPSA) is 79.2 Å². The van der Waals surface area contributed by atoms with Gasteiger partial charge in [0.1, 0.15) is 24.4 Å². The van der Waals surface area contributed by atoms with Crippen molar-refractivity contribution in [3.63, 3.8) is 0 Å². The number of rotatable bonds is 10. The highest BCUT2D eigenvalue weighted by Crippen LogP contribution is 2.19. The lowest BCUT2D eigenvalue weighted by molar-refractivity contribution is -0.210. The molecule has 0 aromatic carbocycles. The molecule has 1 fully saturated rings. The molecule has 0 spiro atoms. The van der Waals surface area contributed by atoms with Gasteiger partial charge in [0.15, 0.2) is 0 Å². The highest BCUT2D eigenvalue weighted by Gasteiger charge is 2.38. The zero-order chi connectivity index (χ0) is 14.8. The maximum absolute atomic E-state index is 9.93. The molecule has 0 aliphatic carbocycles. The maximum Gasteiger partial charge on any atom is 0.114 e. The molecular formula is C15H30O5. The summed E-state index contributed by atoms with van der Waals surface area (Å²) in [6.07, 6.45) is 5.30. The molecule has 4 atom stereocenters. The summed E-state index contributed by atoms with van der Waals surface area (Å²) in [6, 6.07) is 0. The van der Waals surface area contributed by atoms with Crippen LogP contribution in [0.3, 0.4) is 0 Å². The normalized spacial score (nSPS) is 30.6. The van der Waals surface area contributed by atoms with Crippen molar-refractivity contribution < 1.29 is 24.8 Å². The molecule has 5 heteroatoms. The summed E-state index contributed by atoms with van der Waals surface area (Å²) < 4.78 is 10.7. The Morgan fingerprint density at radius 3 is 2.35 bits per heavy atom. The third-order valence-electron chi connectivity index (χ3n) is 3.82. The fourth-order valence-corrected chi connectivity index (χ4v) is 2.50. The molecule has 1 aliphatic rings. The summed E-state index contributed by atoms with van der Waals surface area (Å²) in [4.78, 5) is 0. The van der Waals surface area contributed by atoms with E-state index in [0.29, 0.717) is 6.61 Å². The summed E-state index contributed by atoms with van der Waals surface area (Å²) in [5.41, 5.74) is 0. The Hall–Kier alpha value is -0.200. The van der Waals surface area contributed by atoms with E-state index in [9.17, 15) is 10.2 Å². The van der Waals surface area contributed by atoms with Crippen LogP contribution in [0.5, 0.6) is 0 Å². The lowest BCUT2D eigenvalue weighted by Crippen LogP contribution is -2.55. The van der Waals surface area contributed by atoms with E-state index in [-0.39, 0.29) is 13.2 Å². The van der Waals surface area contributed by atoms with E-state index in [1.54, 1.807) is 0 Å². The summed E-state index contributed by atoms with van der Waals surface area (Å²) in [7, 11) is 0. The van der Waals surface area contributed by atoms with Gasteiger partial charge in [-0.2, -0.15) is 0 Å². The van der Waals surface area contributed by atoms with Crippen LogP contribution < -0.4 is 0 Å². The van der Waals surface area contributed by atoms with Gasteiger partial charge in [0.2, 0.25) is 0 Å². The van der Waals surface area contributed by atoms with Crippen molar-refractivity contribution in [2.45, 2.75) is 76.3 Å². The summed E-state index contributed by atoms with van der Waals surface area (Å²) in [5, 5.41) is 28.7. The number of aliphatic hydroxyl groups is 3. The van der Waals surface area contributed by atoms with E-state index in [1.807, 2.05) is 0 Å². The molecule has 5 nitrogen and oxygen atoms in total. The van der Waals surface area contributed by atoms with Crippen molar-refractivity contribution in [2.24, 2.45) is 0 Å². The Kier molecular flexibility index (Phi) is 9.39. The van der Waals surface area contributed by atoms with Crippen LogP contribution in [0.15, 0.2) is 0 Å². The molecule has 120 valence electrons. The summed E-state index contributed by atoms with van der Waals surface area (Å²) >= 11 is 0. The van der Waals surface area contributed by atoms with Crippen LogP contribution in [0.4, 0.5) is 0 Å². The number of aliphatic hydroxyl groups excluding tert-OH is 3. The lowest BCUT2D eigenvalue weighted by Gasteiger charge is -2.37. The predicted octanol–water partition coefficient (Wildman–Crippen LogP) is 1.24. The van der Waals surface area contributed by atoms with Gasteiger partial charge in [-0.25, -0.2) is 0 Å². The number of hydrogen-bond donors (Lipinski definition) is 3. The van der Waals surface area contributed by atoms with E-state index in [0.717, 1.165) is 12.8 Å². The Balaban J connectivity index is 2.10. The van der Waals surface area contributed by atoms with Crippen molar-refractivity contribution in [3.05, 3.63) is 0 Å². The quantitative estimate of drug-likeness (QED) is 0.528. The minimum absolute atomic E-state index is 0.101. The van der Waals surface area contributed by atoms with E-state index in [1.165, 1.54) is 32.1 Å². The third kappa shape index (κ3) is 6.06. The van der Waals surface area contributed by atoms with Crippen LogP contribution in [-0.2, 0) is 9.47 Å². The highest BCUT2D eigenvalue weighted by molar-refractivity contribution is 4.87. The monoisotopic (exact) mass is 290 g/mol. The maximum atomic E-state index is 9.93. The van der Waals surface area contributed by atoms with E-state index >= 15 is 0 Å². The van der Waals surface area contributed by atoms with Crippen LogP contribution in [0, 0.1) is 0 Å². The predicted molar refractivity (Wildman–Crippen MR) is 76.6 cm³/mol. The molecule has 0 unspecified atom stereocenters.